The van der Waals surface area contributed by atoms with Gasteiger partial charge in [-0.15, -0.1) is 0 Å². The summed E-state index contributed by atoms with van der Waals surface area (Å²) in [5, 5.41) is 2.23. The van der Waals surface area contributed by atoms with E-state index in [1.165, 1.54) is 22.3 Å². The second-order valence-corrected chi connectivity index (χ2v) is 12.2. The molecule has 198 valence electrons. The lowest BCUT2D eigenvalue weighted by Crippen LogP contribution is -2.44. The first kappa shape index (κ1) is 24.1. The summed E-state index contributed by atoms with van der Waals surface area (Å²) in [5.41, 5.74) is 12.4. The van der Waals surface area contributed by atoms with Crippen LogP contribution in [-0.2, 0) is 10.8 Å². The Morgan fingerprint density at radius 1 is 0.512 bits per heavy atom. The van der Waals surface area contributed by atoms with Gasteiger partial charge in [0.05, 0.1) is 22.4 Å². The van der Waals surface area contributed by atoms with Crippen molar-refractivity contribution in [3.05, 3.63) is 120 Å². The van der Waals surface area contributed by atoms with E-state index in [1.54, 1.807) is 0 Å². The predicted octanol–water partition coefficient (Wildman–Crippen LogP) is 10.1. The summed E-state index contributed by atoms with van der Waals surface area (Å²) in [6, 6.07) is 38.3. The number of hydrogen-bond donors (Lipinski definition) is 0. The molecule has 0 amide bonds. The van der Waals surface area contributed by atoms with Gasteiger partial charge in [0.25, 0.3) is 0 Å². The molecule has 41 heavy (non-hydrogen) atoms. The van der Waals surface area contributed by atoms with Crippen LogP contribution >= 0.6 is 0 Å². The molecule has 3 nitrogen and oxygen atoms in total. The summed E-state index contributed by atoms with van der Waals surface area (Å²) in [6.45, 7) is 9.49. The Balaban J connectivity index is 1.45. The smallest absolute Gasteiger partial charge is 0.136 e. The Bertz CT molecular complexity index is 2170. The molecule has 1 aliphatic rings. The fourth-order valence-corrected chi connectivity index (χ4v) is 6.82. The van der Waals surface area contributed by atoms with Crippen LogP contribution in [0.4, 0.5) is 0 Å². The molecule has 0 unspecified atom stereocenters. The molecule has 3 heteroatoms. The number of rotatable bonds is 2. The van der Waals surface area contributed by atoms with Crippen molar-refractivity contribution in [2.45, 2.75) is 38.5 Å². The van der Waals surface area contributed by atoms with Gasteiger partial charge in [0.15, 0.2) is 0 Å². The molecule has 0 radical (unpaired) electrons. The van der Waals surface area contributed by atoms with E-state index in [9.17, 15) is 0 Å². The largest absolute Gasteiger partial charge is 0.456 e. The van der Waals surface area contributed by atoms with Crippen LogP contribution in [-0.4, -0.2) is 9.97 Å². The Labute approximate surface area is 239 Å². The Morgan fingerprint density at radius 2 is 1.15 bits per heavy atom. The number of fused-ring (bicyclic) bond motifs is 7. The lowest BCUT2D eigenvalue weighted by molar-refractivity contribution is 0.300. The van der Waals surface area contributed by atoms with E-state index >= 15 is 0 Å². The summed E-state index contributed by atoms with van der Waals surface area (Å²) in [7, 11) is 0. The maximum atomic E-state index is 6.29. The van der Waals surface area contributed by atoms with Gasteiger partial charge in [-0.25, -0.2) is 9.97 Å². The average molecular weight is 531 g/mol. The second-order valence-electron chi connectivity index (χ2n) is 12.2. The summed E-state index contributed by atoms with van der Waals surface area (Å²) in [4.78, 5) is 10.6. The van der Waals surface area contributed by atoms with Crippen LogP contribution in [0.1, 0.15) is 38.8 Å². The van der Waals surface area contributed by atoms with Gasteiger partial charge in [0.1, 0.15) is 11.2 Å². The maximum absolute atomic E-state index is 6.29. The van der Waals surface area contributed by atoms with Crippen molar-refractivity contribution in [1.82, 2.24) is 9.97 Å². The predicted molar refractivity (Wildman–Crippen MR) is 169 cm³/mol. The third-order valence-electron chi connectivity index (χ3n) is 9.62. The van der Waals surface area contributed by atoms with Crippen LogP contribution in [0.3, 0.4) is 0 Å². The Hall–Kier alpha value is -4.76. The molecule has 0 atom stereocenters. The van der Waals surface area contributed by atoms with Crippen LogP contribution < -0.4 is 0 Å². The molecule has 0 N–H and O–H groups in total. The number of furan rings is 1. The number of benzene rings is 5. The van der Waals surface area contributed by atoms with E-state index < -0.39 is 0 Å². The van der Waals surface area contributed by atoms with Gasteiger partial charge in [0, 0.05) is 27.3 Å². The van der Waals surface area contributed by atoms with Crippen molar-refractivity contribution < 1.29 is 4.42 Å². The molecule has 0 aliphatic heterocycles. The molecule has 2 heterocycles. The van der Waals surface area contributed by atoms with Crippen LogP contribution in [0.2, 0.25) is 0 Å². The van der Waals surface area contributed by atoms with Gasteiger partial charge in [-0.2, -0.15) is 0 Å². The molecule has 0 saturated carbocycles. The highest BCUT2D eigenvalue weighted by molar-refractivity contribution is 6.06. The first-order chi connectivity index (χ1) is 19.8. The van der Waals surface area contributed by atoms with Gasteiger partial charge in [-0.1, -0.05) is 107 Å². The number of aromatic nitrogens is 2. The molecule has 0 spiro atoms. The number of para-hydroxylation sites is 3. The van der Waals surface area contributed by atoms with Crippen molar-refractivity contribution in [1.29, 1.82) is 0 Å². The molecular formula is C38H30N2O. The van der Waals surface area contributed by atoms with Gasteiger partial charge >= 0.3 is 0 Å². The minimum Gasteiger partial charge on any atom is -0.456 e. The highest BCUT2D eigenvalue weighted by Gasteiger charge is 2.47. The standard InChI is InChI=1S/C38H30N2O/c1-37(2)29-16-7-5-12-24(29)27-14-11-15-28(34(27)38(37,3)4)36-35(39-30-17-8-9-18-31(30)40-36)23-20-21-26-25-13-6-10-19-32(25)41-33(26)22-23/h5-22H,1-4H3. The van der Waals surface area contributed by atoms with E-state index in [0.29, 0.717) is 0 Å². The highest BCUT2D eigenvalue weighted by atomic mass is 16.3. The average Bonchev–Trinajstić information content (AvgIpc) is 3.37. The van der Waals surface area contributed by atoms with E-state index in [0.717, 1.165) is 55.5 Å². The lowest BCUT2D eigenvalue weighted by Gasteiger charge is -2.49. The first-order valence-electron chi connectivity index (χ1n) is 14.3. The number of hydrogen-bond acceptors (Lipinski definition) is 3. The molecule has 7 aromatic rings. The van der Waals surface area contributed by atoms with Crippen LogP contribution in [0.25, 0.3) is 66.6 Å². The Kier molecular flexibility index (Phi) is 4.92. The molecule has 0 fully saturated rings. The minimum absolute atomic E-state index is 0.0929. The van der Waals surface area contributed by atoms with Crippen molar-refractivity contribution in [3.63, 3.8) is 0 Å². The van der Waals surface area contributed by atoms with Gasteiger partial charge in [0.2, 0.25) is 0 Å². The van der Waals surface area contributed by atoms with Gasteiger partial charge in [-0.3, -0.25) is 0 Å². The monoisotopic (exact) mass is 530 g/mol. The molecule has 0 saturated heterocycles. The van der Waals surface area contributed by atoms with Crippen LogP contribution in [0.5, 0.6) is 0 Å². The van der Waals surface area contributed by atoms with Crippen molar-refractivity contribution in [3.8, 4) is 33.6 Å². The highest BCUT2D eigenvalue weighted by Crippen LogP contribution is 2.56. The Morgan fingerprint density at radius 3 is 1.98 bits per heavy atom. The zero-order valence-corrected chi connectivity index (χ0v) is 23.7. The van der Waals surface area contributed by atoms with Crippen LogP contribution in [0.15, 0.2) is 114 Å². The molecule has 0 bridgehead atoms. The topological polar surface area (TPSA) is 38.9 Å². The quantitative estimate of drug-likeness (QED) is 0.223. The van der Waals surface area contributed by atoms with Gasteiger partial charge in [-0.05, 0) is 58.0 Å². The van der Waals surface area contributed by atoms with Crippen molar-refractivity contribution in [2.75, 3.05) is 0 Å². The first-order valence-corrected chi connectivity index (χ1v) is 14.3. The zero-order chi connectivity index (χ0) is 27.9. The minimum atomic E-state index is -0.166. The summed E-state index contributed by atoms with van der Waals surface area (Å²) in [6.07, 6.45) is 0. The van der Waals surface area contributed by atoms with Crippen molar-refractivity contribution >= 4 is 33.0 Å². The third-order valence-corrected chi connectivity index (χ3v) is 9.62. The van der Waals surface area contributed by atoms with E-state index in [4.69, 9.17) is 14.4 Å². The molecule has 1 aliphatic carbocycles. The SMILES string of the molecule is CC1(C)c2ccccc2-c2cccc(-c3nc4ccccc4nc3-c3ccc4c(c3)oc3ccccc34)c2C1(C)C. The van der Waals surface area contributed by atoms with E-state index in [1.807, 2.05) is 30.3 Å². The fraction of sp³-hybridized carbons (Fsp3) is 0.158. The fourth-order valence-electron chi connectivity index (χ4n) is 6.82. The molecule has 2 aromatic heterocycles. The summed E-state index contributed by atoms with van der Waals surface area (Å²) in [5.74, 6) is 0. The molecular weight excluding hydrogens is 500 g/mol. The van der Waals surface area contributed by atoms with Gasteiger partial charge < -0.3 is 4.42 Å². The van der Waals surface area contributed by atoms with Crippen LogP contribution in [0, 0.1) is 0 Å². The maximum Gasteiger partial charge on any atom is 0.136 e. The zero-order valence-electron chi connectivity index (χ0n) is 23.7. The van der Waals surface area contributed by atoms with E-state index in [-0.39, 0.29) is 10.8 Å². The second kappa shape index (κ2) is 8.37. The summed E-state index contributed by atoms with van der Waals surface area (Å²) >= 11 is 0. The normalized spacial score (nSPS) is 15.2. The molecule has 5 aromatic carbocycles. The number of nitrogens with zero attached hydrogens (tertiary/aromatic N) is 2. The molecule has 8 rings (SSSR count). The third kappa shape index (κ3) is 3.32. The summed E-state index contributed by atoms with van der Waals surface area (Å²) < 4.78 is 6.29. The van der Waals surface area contributed by atoms with E-state index in [2.05, 4.69) is 107 Å². The van der Waals surface area contributed by atoms with Crippen molar-refractivity contribution in [2.24, 2.45) is 0 Å². The lowest BCUT2D eigenvalue weighted by atomic mass is 9.54.